The van der Waals surface area contributed by atoms with Crippen LogP contribution in [-0.2, 0) is 29.1 Å². The fourth-order valence-electron chi connectivity index (χ4n) is 6.61. The van der Waals surface area contributed by atoms with Crippen LogP contribution in [0.2, 0.25) is 0 Å². The number of halogens is 7. The Labute approximate surface area is 270 Å². The van der Waals surface area contributed by atoms with E-state index in [4.69, 9.17) is 0 Å². The number of likely N-dealkylation sites (tertiary alicyclic amines) is 1. The molecule has 2 fully saturated rings. The van der Waals surface area contributed by atoms with Crippen molar-refractivity contribution in [2.45, 2.75) is 68.4 Å². The second-order valence-electron chi connectivity index (χ2n) is 12.0. The molecule has 3 N–H and O–H groups in total. The molecule has 47 heavy (non-hydrogen) atoms. The van der Waals surface area contributed by atoms with Gasteiger partial charge in [0, 0.05) is 25.0 Å². The summed E-state index contributed by atoms with van der Waals surface area (Å²) in [5, 5.41) is 9.80. The van der Waals surface area contributed by atoms with Crippen LogP contribution in [0, 0.1) is 5.82 Å². The number of urea groups is 1. The van der Waals surface area contributed by atoms with Crippen LogP contribution in [0.15, 0.2) is 47.8 Å². The van der Waals surface area contributed by atoms with Crippen LogP contribution in [0.25, 0.3) is 0 Å². The molecule has 1 aliphatic heterocycles. The van der Waals surface area contributed by atoms with E-state index < -0.39 is 41.5 Å². The van der Waals surface area contributed by atoms with Crippen LogP contribution in [0.4, 0.5) is 40.7 Å². The molecule has 3 aromatic rings. The second-order valence-corrected chi connectivity index (χ2v) is 12.9. The quantitative estimate of drug-likeness (QED) is 0.209. The smallest absolute Gasteiger partial charge is 0.341 e. The van der Waals surface area contributed by atoms with Crippen LogP contribution >= 0.6 is 11.3 Å². The highest BCUT2D eigenvalue weighted by molar-refractivity contribution is 7.14. The summed E-state index contributed by atoms with van der Waals surface area (Å²) < 4.78 is 93.5. The van der Waals surface area contributed by atoms with E-state index in [1.807, 2.05) is 0 Å². The zero-order valence-corrected chi connectivity index (χ0v) is 26.2. The number of amides is 2. The van der Waals surface area contributed by atoms with Crippen molar-refractivity contribution in [2.75, 3.05) is 32.0 Å². The summed E-state index contributed by atoms with van der Waals surface area (Å²) in [6.45, 7) is 0.835. The first kappa shape index (κ1) is 34.8. The Morgan fingerprint density at radius 3 is 2.21 bits per heavy atom. The average Bonchev–Trinajstić information content (AvgIpc) is 3.69. The lowest BCUT2D eigenvalue weighted by Gasteiger charge is -2.37. The summed E-state index contributed by atoms with van der Waals surface area (Å²) in [5.74, 6) is -0.292. The van der Waals surface area contributed by atoms with Crippen molar-refractivity contribution < 1.29 is 40.3 Å². The molecular formula is C32H34F7N5O2S. The van der Waals surface area contributed by atoms with Gasteiger partial charge < -0.3 is 15.5 Å². The molecule has 2 aliphatic rings. The van der Waals surface area contributed by atoms with Crippen molar-refractivity contribution in [3.05, 3.63) is 81.6 Å². The summed E-state index contributed by atoms with van der Waals surface area (Å²) in [7, 11) is 1.45. The number of anilines is 1. The average molecular weight is 686 g/mol. The minimum atomic E-state index is -4.98. The molecule has 0 bridgehead atoms. The second kappa shape index (κ2) is 13.9. The Balaban J connectivity index is 1.31. The summed E-state index contributed by atoms with van der Waals surface area (Å²) in [6, 6.07) is 7.41. The first-order valence-corrected chi connectivity index (χ1v) is 16.0. The van der Waals surface area contributed by atoms with Crippen molar-refractivity contribution in [3.63, 3.8) is 0 Å². The number of hydrogen-bond acceptors (Lipinski definition) is 6. The molecule has 15 heteroatoms. The largest absolute Gasteiger partial charge is 0.416 e. The molecule has 2 heterocycles. The van der Waals surface area contributed by atoms with Crippen LogP contribution in [0.3, 0.4) is 0 Å². The van der Waals surface area contributed by atoms with Gasteiger partial charge in [-0.05, 0) is 92.6 Å². The summed E-state index contributed by atoms with van der Waals surface area (Å²) >= 11 is 1.15. The predicted molar refractivity (Wildman–Crippen MR) is 163 cm³/mol. The van der Waals surface area contributed by atoms with Gasteiger partial charge in [-0.3, -0.25) is 10.1 Å². The molecular weight excluding hydrogens is 651 g/mol. The van der Waals surface area contributed by atoms with Crippen LogP contribution < -0.4 is 16.0 Å². The zero-order valence-electron chi connectivity index (χ0n) is 25.4. The molecule has 7 nitrogen and oxygen atoms in total. The Bertz CT molecular complexity index is 1540. The highest BCUT2D eigenvalue weighted by Gasteiger charge is 2.49. The van der Waals surface area contributed by atoms with Gasteiger partial charge in [0.25, 0.3) is 0 Å². The number of carbonyl (C=O) groups excluding carboxylic acids is 2. The number of Topliss-reactive ketones (excluding diaryl/α,β-unsaturated/α-hetero) is 1. The number of rotatable bonds is 9. The minimum absolute atomic E-state index is 0.0305. The summed E-state index contributed by atoms with van der Waals surface area (Å²) in [6.07, 6.45) is -6.72. The van der Waals surface area contributed by atoms with Gasteiger partial charge in [0.05, 0.1) is 28.8 Å². The van der Waals surface area contributed by atoms with Crippen molar-refractivity contribution >= 4 is 28.3 Å². The number of piperidine rings is 1. The Morgan fingerprint density at radius 1 is 0.979 bits per heavy atom. The van der Waals surface area contributed by atoms with Gasteiger partial charge in [0.15, 0.2) is 10.9 Å². The van der Waals surface area contributed by atoms with E-state index in [0.717, 1.165) is 42.8 Å². The van der Waals surface area contributed by atoms with Gasteiger partial charge in [-0.2, -0.15) is 26.3 Å². The highest BCUT2D eigenvalue weighted by atomic mass is 32.1. The monoisotopic (exact) mass is 685 g/mol. The SMILES string of the molecule is CNC(=O)Nc1nc(C2(C(=O)CNCc3cc(C(F)(F)F)cc(C(F)(F)F)c3)CCC(N3CCC(c4ccc(F)cc4)CC3)C2)cs1. The third kappa shape index (κ3) is 8.12. The number of carbonyl (C=O) groups is 2. The Kier molecular flexibility index (Phi) is 10.3. The molecule has 1 saturated carbocycles. The zero-order chi connectivity index (χ0) is 34.0. The minimum Gasteiger partial charge on any atom is -0.341 e. The molecule has 1 aliphatic carbocycles. The molecule has 0 spiro atoms. The molecule has 2 amide bonds. The summed E-state index contributed by atoms with van der Waals surface area (Å²) in [5.41, 5.74) is -2.64. The highest BCUT2D eigenvalue weighted by Crippen LogP contribution is 2.46. The first-order chi connectivity index (χ1) is 22.2. The summed E-state index contributed by atoms with van der Waals surface area (Å²) in [4.78, 5) is 32.8. The molecule has 0 radical (unpaired) electrons. The number of ketones is 1. The Morgan fingerprint density at radius 2 is 1.62 bits per heavy atom. The van der Waals surface area contributed by atoms with Crippen molar-refractivity contribution in [1.29, 1.82) is 0 Å². The normalized spacial score (nSPS) is 21.1. The molecule has 1 aromatic heterocycles. The number of nitrogens with one attached hydrogen (secondary N) is 3. The maximum Gasteiger partial charge on any atom is 0.416 e. The standard InChI is InChI=1S/C32H34F7N5O2S/c1-40-28(46)43-29-42-26(18-47-29)30(9-6-25(15-30)44-10-7-21(8-11-44)20-2-4-24(33)5-3-20)27(45)17-41-16-19-12-22(31(34,35)36)14-23(13-19)32(37,38)39/h2-5,12-14,18,21,25,41H,6-11,15-17H2,1H3,(H2,40,42,43,46). The predicted octanol–water partition coefficient (Wildman–Crippen LogP) is 7.10. The number of aromatic nitrogens is 1. The maximum atomic E-state index is 14.0. The van der Waals surface area contributed by atoms with Gasteiger partial charge >= 0.3 is 18.4 Å². The number of hydrogen-bond donors (Lipinski definition) is 3. The van der Waals surface area contributed by atoms with Gasteiger partial charge in [0.1, 0.15) is 5.82 Å². The number of alkyl halides is 6. The van der Waals surface area contributed by atoms with Crippen molar-refractivity contribution in [1.82, 2.24) is 20.5 Å². The van der Waals surface area contributed by atoms with Gasteiger partial charge in [-0.15, -0.1) is 11.3 Å². The van der Waals surface area contributed by atoms with Crippen LogP contribution in [0.5, 0.6) is 0 Å². The number of thiazole rings is 1. The molecule has 2 aromatic carbocycles. The molecule has 5 rings (SSSR count). The number of benzene rings is 2. The first-order valence-electron chi connectivity index (χ1n) is 15.1. The third-order valence-corrected chi connectivity index (χ3v) is 9.87. The number of nitrogens with zero attached hydrogens (tertiary/aromatic N) is 2. The topological polar surface area (TPSA) is 86.4 Å². The maximum absolute atomic E-state index is 14.0. The van der Waals surface area contributed by atoms with Gasteiger partial charge in [0.2, 0.25) is 0 Å². The lowest BCUT2D eigenvalue weighted by Crippen LogP contribution is -2.44. The molecule has 1 saturated heterocycles. The third-order valence-electron chi connectivity index (χ3n) is 9.11. The van der Waals surface area contributed by atoms with Crippen molar-refractivity contribution in [2.24, 2.45) is 0 Å². The van der Waals surface area contributed by atoms with Crippen LogP contribution in [-0.4, -0.2) is 54.4 Å². The fraction of sp³-hybridized carbons (Fsp3) is 0.469. The van der Waals surface area contributed by atoms with E-state index in [9.17, 15) is 40.3 Å². The molecule has 2 atom stereocenters. The van der Waals surface area contributed by atoms with E-state index in [0.29, 0.717) is 37.1 Å². The van der Waals surface area contributed by atoms with E-state index in [1.54, 1.807) is 17.5 Å². The van der Waals surface area contributed by atoms with Crippen molar-refractivity contribution in [3.8, 4) is 0 Å². The molecule has 254 valence electrons. The van der Waals surface area contributed by atoms with E-state index in [2.05, 4.69) is 25.8 Å². The Hall–Kier alpha value is -3.56. The lowest BCUT2D eigenvalue weighted by molar-refractivity contribution is -0.143. The fourth-order valence-corrected chi connectivity index (χ4v) is 7.42. The molecule has 2 unspecified atom stereocenters. The van der Waals surface area contributed by atoms with Gasteiger partial charge in [-0.1, -0.05) is 12.1 Å². The van der Waals surface area contributed by atoms with Crippen LogP contribution in [0.1, 0.15) is 66.0 Å². The van der Waals surface area contributed by atoms with Gasteiger partial charge in [-0.25, -0.2) is 14.2 Å². The van der Waals surface area contributed by atoms with E-state index >= 15 is 0 Å². The lowest BCUT2D eigenvalue weighted by atomic mass is 9.78. The van der Waals surface area contributed by atoms with E-state index in [-0.39, 0.29) is 46.9 Å². The van der Waals surface area contributed by atoms with E-state index in [1.165, 1.54) is 19.2 Å².